The molecule has 0 radical (unpaired) electrons. The van der Waals surface area contributed by atoms with Gasteiger partial charge in [0.25, 0.3) is 0 Å². The highest BCUT2D eigenvalue weighted by Crippen LogP contribution is 2.31. The number of nitrogens with two attached hydrogens (primary N) is 1. The van der Waals surface area contributed by atoms with Gasteiger partial charge in [-0.3, -0.25) is 4.98 Å². The molecule has 0 aliphatic carbocycles. The Kier molecular flexibility index (Phi) is 2.78. The van der Waals surface area contributed by atoms with E-state index in [0.717, 1.165) is 35.1 Å². The molecular formula is C12H7F4N5. The molecule has 0 aromatic carbocycles. The van der Waals surface area contributed by atoms with Gasteiger partial charge in [0.1, 0.15) is 5.52 Å². The van der Waals surface area contributed by atoms with Crippen molar-refractivity contribution in [1.82, 2.24) is 19.6 Å². The second kappa shape index (κ2) is 4.40. The summed E-state index contributed by atoms with van der Waals surface area (Å²) in [7, 11) is 0. The van der Waals surface area contributed by atoms with Crippen LogP contribution in [0.5, 0.6) is 0 Å². The minimum atomic E-state index is -4.52. The number of halogens is 4. The first kappa shape index (κ1) is 13.3. The van der Waals surface area contributed by atoms with Gasteiger partial charge in [-0.05, 0) is 12.1 Å². The second-order valence-corrected chi connectivity index (χ2v) is 4.22. The molecule has 3 aromatic rings. The smallest absolute Gasteiger partial charge is 0.367 e. The molecular weight excluding hydrogens is 290 g/mol. The largest absolute Gasteiger partial charge is 0.416 e. The van der Waals surface area contributed by atoms with E-state index in [0.29, 0.717) is 0 Å². The van der Waals surface area contributed by atoms with E-state index in [1.807, 2.05) is 0 Å². The van der Waals surface area contributed by atoms with Crippen LogP contribution < -0.4 is 5.73 Å². The molecule has 9 heteroatoms. The van der Waals surface area contributed by atoms with Gasteiger partial charge in [0.15, 0.2) is 5.82 Å². The summed E-state index contributed by atoms with van der Waals surface area (Å²) in [6.07, 6.45) is -2.37. The molecule has 0 atom stereocenters. The van der Waals surface area contributed by atoms with Crippen molar-refractivity contribution in [2.75, 3.05) is 5.73 Å². The molecule has 0 aliphatic heterocycles. The summed E-state index contributed by atoms with van der Waals surface area (Å²) < 4.78 is 53.0. The molecule has 21 heavy (non-hydrogen) atoms. The van der Waals surface area contributed by atoms with E-state index in [1.165, 1.54) is 0 Å². The van der Waals surface area contributed by atoms with Crippen LogP contribution in [0.25, 0.3) is 16.9 Å². The number of rotatable bonds is 1. The van der Waals surface area contributed by atoms with Crippen LogP contribution in [0, 0.1) is 5.82 Å². The van der Waals surface area contributed by atoms with E-state index in [1.54, 1.807) is 0 Å². The van der Waals surface area contributed by atoms with Crippen molar-refractivity contribution < 1.29 is 17.6 Å². The summed E-state index contributed by atoms with van der Waals surface area (Å²) in [6, 6.07) is 2.68. The number of alkyl halides is 3. The molecule has 0 spiro atoms. The topological polar surface area (TPSA) is 69.1 Å². The van der Waals surface area contributed by atoms with E-state index in [4.69, 9.17) is 5.73 Å². The average molecular weight is 297 g/mol. The predicted molar refractivity (Wildman–Crippen MR) is 65.6 cm³/mol. The summed E-state index contributed by atoms with van der Waals surface area (Å²) in [5.41, 5.74) is 4.52. The number of hydrogen-bond acceptors (Lipinski definition) is 4. The van der Waals surface area contributed by atoms with Crippen molar-refractivity contribution in [3.05, 3.63) is 42.0 Å². The summed E-state index contributed by atoms with van der Waals surface area (Å²) in [4.78, 5) is 7.46. The minimum Gasteiger partial charge on any atom is -0.367 e. The third-order valence-electron chi connectivity index (χ3n) is 2.84. The SMILES string of the molecule is Nc1ncc2c(F)cc(-c3cc(C(F)(F)F)ccn3)n2n1. The van der Waals surface area contributed by atoms with Gasteiger partial charge >= 0.3 is 6.18 Å². The lowest BCUT2D eigenvalue weighted by Crippen LogP contribution is -2.06. The maximum atomic E-state index is 13.8. The van der Waals surface area contributed by atoms with Gasteiger partial charge in [0, 0.05) is 12.3 Å². The maximum Gasteiger partial charge on any atom is 0.416 e. The normalized spacial score (nSPS) is 12.0. The van der Waals surface area contributed by atoms with E-state index in [9.17, 15) is 17.6 Å². The van der Waals surface area contributed by atoms with Crippen LogP contribution in [0.1, 0.15) is 5.56 Å². The molecule has 0 bridgehead atoms. The zero-order valence-corrected chi connectivity index (χ0v) is 10.3. The van der Waals surface area contributed by atoms with Crippen LogP contribution in [0.4, 0.5) is 23.5 Å². The molecule has 3 rings (SSSR count). The molecule has 0 saturated carbocycles. The highest BCUT2D eigenvalue weighted by atomic mass is 19.4. The number of anilines is 1. The summed E-state index contributed by atoms with van der Waals surface area (Å²) in [6.45, 7) is 0. The Hall–Kier alpha value is -2.71. The molecule has 2 N–H and O–H groups in total. The van der Waals surface area contributed by atoms with Gasteiger partial charge in [-0.15, -0.1) is 5.10 Å². The number of hydrogen-bond donors (Lipinski definition) is 1. The zero-order chi connectivity index (χ0) is 15.2. The first-order valence-corrected chi connectivity index (χ1v) is 5.69. The van der Waals surface area contributed by atoms with Crippen molar-refractivity contribution in [2.24, 2.45) is 0 Å². The molecule has 5 nitrogen and oxygen atoms in total. The van der Waals surface area contributed by atoms with Crippen molar-refractivity contribution in [1.29, 1.82) is 0 Å². The average Bonchev–Trinajstić information content (AvgIpc) is 2.75. The summed E-state index contributed by atoms with van der Waals surface area (Å²) in [5, 5.41) is 3.79. The van der Waals surface area contributed by atoms with E-state index >= 15 is 0 Å². The van der Waals surface area contributed by atoms with Crippen LogP contribution in [0.15, 0.2) is 30.6 Å². The Morgan fingerprint density at radius 2 is 1.90 bits per heavy atom. The Morgan fingerprint density at radius 1 is 1.14 bits per heavy atom. The Bertz CT molecular complexity index is 824. The molecule has 0 aliphatic rings. The Balaban J connectivity index is 2.23. The maximum absolute atomic E-state index is 13.8. The van der Waals surface area contributed by atoms with Gasteiger partial charge in [-0.1, -0.05) is 0 Å². The van der Waals surface area contributed by atoms with Crippen molar-refractivity contribution in [2.45, 2.75) is 6.18 Å². The lowest BCUT2D eigenvalue weighted by Gasteiger charge is -2.07. The fourth-order valence-corrected chi connectivity index (χ4v) is 1.90. The standard InChI is InChI=1S/C12H7F4N5/c13-7-4-9(21-10(7)5-19-11(17)20-21)8-3-6(1-2-18-8)12(14,15)16/h1-5H,(H2,17,20). The van der Waals surface area contributed by atoms with E-state index in [2.05, 4.69) is 15.1 Å². The van der Waals surface area contributed by atoms with Gasteiger partial charge in [-0.25, -0.2) is 13.9 Å². The molecule has 0 fully saturated rings. The van der Waals surface area contributed by atoms with Gasteiger partial charge in [0.2, 0.25) is 5.95 Å². The van der Waals surface area contributed by atoms with Crippen LogP contribution in [-0.2, 0) is 6.18 Å². The molecule has 108 valence electrons. The van der Waals surface area contributed by atoms with Crippen LogP contribution in [0.3, 0.4) is 0 Å². The van der Waals surface area contributed by atoms with Crippen molar-refractivity contribution in [3.8, 4) is 11.4 Å². The number of pyridine rings is 1. The number of nitrogen functional groups attached to an aromatic ring is 1. The van der Waals surface area contributed by atoms with Gasteiger partial charge in [0.05, 0.1) is 23.1 Å². The van der Waals surface area contributed by atoms with E-state index < -0.39 is 17.6 Å². The third-order valence-corrected chi connectivity index (χ3v) is 2.84. The van der Waals surface area contributed by atoms with Crippen LogP contribution >= 0.6 is 0 Å². The third kappa shape index (κ3) is 2.26. The van der Waals surface area contributed by atoms with Gasteiger partial charge < -0.3 is 5.73 Å². The summed E-state index contributed by atoms with van der Waals surface area (Å²) >= 11 is 0. The number of aromatic nitrogens is 4. The quantitative estimate of drug-likeness (QED) is 0.701. The number of nitrogens with zero attached hydrogens (tertiary/aromatic N) is 4. The van der Waals surface area contributed by atoms with Crippen LogP contribution in [0.2, 0.25) is 0 Å². The predicted octanol–water partition coefficient (Wildman–Crippen LogP) is 2.53. The Morgan fingerprint density at radius 3 is 2.62 bits per heavy atom. The molecule has 0 amide bonds. The van der Waals surface area contributed by atoms with Crippen molar-refractivity contribution in [3.63, 3.8) is 0 Å². The molecule has 0 saturated heterocycles. The van der Waals surface area contributed by atoms with E-state index in [-0.39, 0.29) is 22.9 Å². The zero-order valence-electron chi connectivity index (χ0n) is 10.3. The fourth-order valence-electron chi connectivity index (χ4n) is 1.90. The molecule has 3 aromatic heterocycles. The minimum absolute atomic E-state index is 0.00147. The number of fused-ring (bicyclic) bond motifs is 1. The fraction of sp³-hybridized carbons (Fsp3) is 0.0833. The summed E-state index contributed by atoms with van der Waals surface area (Å²) in [5.74, 6) is -0.810. The van der Waals surface area contributed by atoms with Gasteiger partial charge in [-0.2, -0.15) is 13.2 Å². The second-order valence-electron chi connectivity index (χ2n) is 4.22. The highest BCUT2D eigenvalue weighted by Gasteiger charge is 2.31. The monoisotopic (exact) mass is 297 g/mol. The lowest BCUT2D eigenvalue weighted by molar-refractivity contribution is -0.137. The first-order chi connectivity index (χ1) is 9.86. The Labute approximate surface area is 115 Å². The van der Waals surface area contributed by atoms with Crippen molar-refractivity contribution >= 4 is 11.5 Å². The highest BCUT2D eigenvalue weighted by molar-refractivity contribution is 5.64. The molecule has 0 unspecified atom stereocenters. The van der Waals surface area contributed by atoms with Crippen LogP contribution in [-0.4, -0.2) is 19.6 Å². The first-order valence-electron chi connectivity index (χ1n) is 5.69. The lowest BCUT2D eigenvalue weighted by atomic mass is 10.2. The molecule has 3 heterocycles.